The van der Waals surface area contributed by atoms with Gasteiger partial charge in [0.15, 0.2) is 5.65 Å². The first-order valence-electron chi connectivity index (χ1n) is 9.85. The molecule has 1 amide bonds. The number of nitrogens with one attached hydrogen (secondary N) is 1. The van der Waals surface area contributed by atoms with E-state index in [9.17, 15) is 4.79 Å². The standard InChI is InChI=1S/C21H25BrClN5O3/c1-27(20(29)14-31-11-10-30-2)9-5-8-24-19-12-18(15-6-3-4-7-17(15)23)26-21-16(22)13-25-28(19)21/h3-4,6-7,12-13,24H,5,8-11,14H2,1-2H3. The highest BCUT2D eigenvalue weighted by Gasteiger charge is 2.13. The number of aromatic nitrogens is 3. The molecular weight excluding hydrogens is 486 g/mol. The van der Waals surface area contributed by atoms with Gasteiger partial charge in [0.2, 0.25) is 5.91 Å². The molecule has 1 N–H and O–H groups in total. The van der Waals surface area contributed by atoms with Crippen LogP contribution in [-0.4, -0.2) is 72.5 Å². The Morgan fingerprint density at radius 3 is 2.90 bits per heavy atom. The fraction of sp³-hybridized carbons (Fsp3) is 0.381. The summed E-state index contributed by atoms with van der Waals surface area (Å²) in [5, 5.41) is 8.42. The molecule has 0 aliphatic rings. The molecule has 0 aliphatic carbocycles. The van der Waals surface area contributed by atoms with E-state index in [1.807, 2.05) is 30.3 Å². The lowest BCUT2D eigenvalue weighted by Gasteiger charge is -2.18. The molecule has 0 radical (unpaired) electrons. The number of anilines is 1. The smallest absolute Gasteiger partial charge is 0.248 e. The Labute approximate surface area is 194 Å². The normalized spacial score (nSPS) is 11.1. The maximum atomic E-state index is 12.1. The summed E-state index contributed by atoms with van der Waals surface area (Å²) in [7, 11) is 3.37. The number of benzene rings is 1. The van der Waals surface area contributed by atoms with Gasteiger partial charge >= 0.3 is 0 Å². The maximum Gasteiger partial charge on any atom is 0.248 e. The molecule has 0 saturated carbocycles. The Kier molecular flexibility index (Phi) is 8.65. The summed E-state index contributed by atoms with van der Waals surface area (Å²) >= 11 is 9.87. The molecule has 3 rings (SSSR count). The molecule has 8 nitrogen and oxygen atoms in total. The molecule has 31 heavy (non-hydrogen) atoms. The summed E-state index contributed by atoms with van der Waals surface area (Å²) in [5.41, 5.74) is 2.30. The number of methoxy groups -OCH3 is 1. The van der Waals surface area contributed by atoms with Crippen LogP contribution >= 0.6 is 27.5 Å². The third-order valence-corrected chi connectivity index (χ3v) is 5.53. The molecule has 166 valence electrons. The van der Waals surface area contributed by atoms with Crippen LogP contribution in [0.3, 0.4) is 0 Å². The minimum absolute atomic E-state index is 0.0561. The number of nitrogens with zero attached hydrogens (tertiary/aromatic N) is 4. The van der Waals surface area contributed by atoms with E-state index in [0.29, 0.717) is 37.0 Å². The van der Waals surface area contributed by atoms with Crippen molar-refractivity contribution in [2.45, 2.75) is 6.42 Å². The van der Waals surface area contributed by atoms with Gasteiger partial charge in [-0.2, -0.15) is 9.61 Å². The Balaban J connectivity index is 1.63. The van der Waals surface area contributed by atoms with Crippen LogP contribution in [0.2, 0.25) is 5.02 Å². The van der Waals surface area contributed by atoms with E-state index in [2.05, 4.69) is 26.3 Å². The number of amides is 1. The quantitative estimate of drug-likeness (QED) is 0.396. The molecule has 0 saturated heterocycles. The van der Waals surface area contributed by atoms with E-state index in [0.717, 1.165) is 28.0 Å². The average molecular weight is 511 g/mol. The highest BCUT2D eigenvalue weighted by molar-refractivity contribution is 9.10. The maximum absolute atomic E-state index is 12.1. The third-order valence-electron chi connectivity index (χ3n) is 4.64. The van der Waals surface area contributed by atoms with Crippen molar-refractivity contribution in [2.75, 3.05) is 52.4 Å². The summed E-state index contributed by atoms with van der Waals surface area (Å²) in [6.07, 6.45) is 2.47. The van der Waals surface area contributed by atoms with E-state index in [1.165, 1.54) is 0 Å². The first-order valence-corrected chi connectivity index (χ1v) is 11.0. The number of hydrogen-bond acceptors (Lipinski definition) is 6. The second kappa shape index (κ2) is 11.4. The van der Waals surface area contributed by atoms with Crippen molar-refractivity contribution in [2.24, 2.45) is 0 Å². The zero-order chi connectivity index (χ0) is 22.2. The van der Waals surface area contributed by atoms with Gasteiger partial charge in [-0.25, -0.2) is 4.98 Å². The van der Waals surface area contributed by atoms with Crippen molar-refractivity contribution in [3.05, 3.63) is 46.0 Å². The number of likely N-dealkylation sites (N-methyl/N-ethyl adjacent to an activating group) is 1. The number of carbonyl (C=O) groups is 1. The molecule has 0 atom stereocenters. The average Bonchev–Trinajstić information content (AvgIpc) is 3.15. The molecule has 0 fully saturated rings. The predicted octanol–water partition coefficient (Wildman–Crippen LogP) is 3.74. The van der Waals surface area contributed by atoms with E-state index in [4.69, 9.17) is 26.1 Å². The number of carbonyl (C=O) groups excluding carboxylic acids is 1. The van der Waals surface area contributed by atoms with Crippen LogP contribution in [0.25, 0.3) is 16.9 Å². The second-order valence-corrected chi connectivity index (χ2v) is 8.14. The Morgan fingerprint density at radius 1 is 1.32 bits per heavy atom. The van der Waals surface area contributed by atoms with Crippen LogP contribution in [0.1, 0.15) is 6.42 Å². The summed E-state index contributed by atoms with van der Waals surface area (Å²) in [6.45, 7) is 2.19. The molecule has 1 aromatic carbocycles. The van der Waals surface area contributed by atoms with Crippen molar-refractivity contribution in [1.29, 1.82) is 0 Å². The van der Waals surface area contributed by atoms with Crippen LogP contribution in [0.4, 0.5) is 5.82 Å². The number of rotatable bonds is 11. The van der Waals surface area contributed by atoms with Gasteiger partial charge in [0.05, 0.1) is 29.6 Å². The highest BCUT2D eigenvalue weighted by Crippen LogP contribution is 2.30. The predicted molar refractivity (Wildman–Crippen MR) is 125 cm³/mol. The van der Waals surface area contributed by atoms with Crippen molar-refractivity contribution >= 4 is 44.9 Å². The number of fused-ring (bicyclic) bond motifs is 1. The topological polar surface area (TPSA) is 81.0 Å². The lowest BCUT2D eigenvalue weighted by atomic mass is 10.1. The molecular formula is C21H25BrClN5O3. The van der Waals surface area contributed by atoms with Crippen molar-refractivity contribution in [3.63, 3.8) is 0 Å². The van der Waals surface area contributed by atoms with E-state index in [1.54, 1.807) is 29.8 Å². The monoisotopic (exact) mass is 509 g/mol. The van der Waals surface area contributed by atoms with Gasteiger partial charge in [-0.15, -0.1) is 0 Å². The van der Waals surface area contributed by atoms with E-state index < -0.39 is 0 Å². The molecule has 0 unspecified atom stereocenters. The van der Waals surface area contributed by atoms with Crippen LogP contribution in [0.5, 0.6) is 0 Å². The fourth-order valence-electron chi connectivity index (χ4n) is 2.94. The fourth-order valence-corrected chi connectivity index (χ4v) is 3.52. The molecule has 0 bridgehead atoms. The van der Waals surface area contributed by atoms with Gasteiger partial charge < -0.3 is 19.7 Å². The lowest BCUT2D eigenvalue weighted by Crippen LogP contribution is -2.32. The summed E-state index contributed by atoms with van der Waals surface area (Å²) in [5.74, 6) is 0.738. The second-order valence-electron chi connectivity index (χ2n) is 6.88. The number of ether oxygens (including phenoxy) is 2. The van der Waals surface area contributed by atoms with Gasteiger partial charge in [0.25, 0.3) is 0 Å². The summed E-state index contributed by atoms with van der Waals surface area (Å²) in [6, 6.07) is 9.51. The Hall–Kier alpha value is -2.20. The third kappa shape index (κ3) is 6.16. The van der Waals surface area contributed by atoms with Crippen molar-refractivity contribution in [1.82, 2.24) is 19.5 Å². The van der Waals surface area contributed by atoms with Crippen LogP contribution < -0.4 is 5.32 Å². The highest BCUT2D eigenvalue weighted by atomic mass is 79.9. The molecule has 10 heteroatoms. The minimum Gasteiger partial charge on any atom is -0.382 e. The number of hydrogen-bond donors (Lipinski definition) is 1. The SMILES string of the molecule is COCCOCC(=O)N(C)CCCNc1cc(-c2ccccc2Cl)nc2c(Br)cnn12. The summed E-state index contributed by atoms with van der Waals surface area (Å²) < 4.78 is 12.7. The lowest BCUT2D eigenvalue weighted by molar-refractivity contribution is -0.135. The van der Waals surface area contributed by atoms with Crippen LogP contribution in [0.15, 0.2) is 41.0 Å². The molecule has 2 heterocycles. The molecule has 2 aromatic heterocycles. The van der Waals surface area contributed by atoms with Gasteiger partial charge in [0, 0.05) is 43.9 Å². The molecule has 3 aromatic rings. The Morgan fingerprint density at radius 2 is 2.13 bits per heavy atom. The van der Waals surface area contributed by atoms with Gasteiger partial charge in [0.1, 0.15) is 12.4 Å². The van der Waals surface area contributed by atoms with Gasteiger partial charge in [-0.3, -0.25) is 4.79 Å². The number of halogens is 2. The Bertz CT molecular complexity index is 1030. The zero-order valence-corrected chi connectivity index (χ0v) is 19.8. The summed E-state index contributed by atoms with van der Waals surface area (Å²) in [4.78, 5) is 18.4. The van der Waals surface area contributed by atoms with E-state index in [-0.39, 0.29) is 12.5 Å². The van der Waals surface area contributed by atoms with Crippen LogP contribution in [-0.2, 0) is 14.3 Å². The first-order chi connectivity index (χ1) is 15.0. The zero-order valence-electron chi connectivity index (χ0n) is 17.5. The van der Waals surface area contributed by atoms with Crippen molar-refractivity contribution < 1.29 is 14.3 Å². The largest absolute Gasteiger partial charge is 0.382 e. The van der Waals surface area contributed by atoms with Gasteiger partial charge in [-0.1, -0.05) is 29.8 Å². The van der Waals surface area contributed by atoms with Crippen molar-refractivity contribution in [3.8, 4) is 11.3 Å². The molecule has 0 aliphatic heterocycles. The van der Waals surface area contributed by atoms with Crippen LogP contribution in [0, 0.1) is 0 Å². The molecule has 0 spiro atoms. The minimum atomic E-state index is -0.0561. The first kappa shape index (κ1) is 23.5. The van der Waals surface area contributed by atoms with Gasteiger partial charge in [-0.05, 0) is 28.4 Å². The van der Waals surface area contributed by atoms with E-state index >= 15 is 0 Å².